The molecular formula is C18H29N5O2. The van der Waals surface area contributed by atoms with E-state index in [1.807, 2.05) is 11.8 Å². The highest BCUT2D eigenvalue weighted by Gasteiger charge is 2.22. The Labute approximate surface area is 149 Å². The van der Waals surface area contributed by atoms with Gasteiger partial charge in [-0.15, -0.1) is 0 Å². The largest absolute Gasteiger partial charge is 0.396 e. The first-order valence-electron chi connectivity index (χ1n) is 9.41. The van der Waals surface area contributed by atoms with Gasteiger partial charge in [0.1, 0.15) is 18.0 Å². The molecule has 0 radical (unpaired) electrons. The van der Waals surface area contributed by atoms with Crippen molar-refractivity contribution in [3.63, 3.8) is 0 Å². The van der Waals surface area contributed by atoms with Crippen LogP contribution in [0.2, 0.25) is 0 Å². The van der Waals surface area contributed by atoms with Crippen LogP contribution in [0.3, 0.4) is 0 Å². The zero-order chi connectivity index (χ0) is 17.6. The lowest BCUT2D eigenvalue weighted by atomic mass is 9.99. The van der Waals surface area contributed by atoms with Gasteiger partial charge in [0.15, 0.2) is 0 Å². The van der Waals surface area contributed by atoms with E-state index in [0.717, 1.165) is 70.2 Å². The van der Waals surface area contributed by atoms with Gasteiger partial charge >= 0.3 is 0 Å². The summed E-state index contributed by atoms with van der Waals surface area (Å²) in [6, 6.07) is 2.05. The zero-order valence-electron chi connectivity index (χ0n) is 15.1. The molecule has 3 heterocycles. The van der Waals surface area contributed by atoms with E-state index >= 15 is 0 Å². The van der Waals surface area contributed by atoms with E-state index < -0.39 is 0 Å². The molecule has 3 rings (SSSR count). The van der Waals surface area contributed by atoms with Crippen molar-refractivity contribution < 1.29 is 9.90 Å². The van der Waals surface area contributed by atoms with Crippen LogP contribution in [0.5, 0.6) is 0 Å². The zero-order valence-corrected chi connectivity index (χ0v) is 15.1. The lowest BCUT2D eigenvalue weighted by Gasteiger charge is -2.33. The molecule has 0 saturated carbocycles. The van der Waals surface area contributed by atoms with Gasteiger partial charge in [0.05, 0.1) is 0 Å². The number of hydrogen-bond acceptors (Lipinski definition) is 6. The highest BCUT2D eigenvalue weighted by Crippen LogP contribution is 2.24. The van der Waals surface area contributed by atoms with Gasteiger partial charge in [-0.25, -0.2) is 9.97 Å². The first-order chi connectivity index (χ1) is 12.2. The van der Waals surface area contributed by atoms with Crippen LogP contribution in [0.15, 0.2) is 12.4 Å². The third-order valence-electron chi connectivity index (χ3n) is 5.21. The summed E-state index contributed by atoms with van der Waals surface area (Å²) >= 11 is 0. The number of anilines is 2. The van der Waals surface area contributed by atoms with Crippen LogP contribution in [-0.2, 0) is 4.79 Å². The Morgan fingerprint density at radius 2 is 1.88 bits per heavy atom. The van der Waals surface area contributed by atoms with Crippen LogP contribution < -0.4 is 9.80 Å². The maximum absolute atomic E-state index is 11.9. The molecular weight excluding hydrogens is 318 g/mol. The number of aliphatic hydroxyl groups is 1. The molecule has 2 saturated heterocycles. The molecule has 1 amide bonds. The van der Waals surface area contributed by atoms with Crippen molar-refractivity contribution in [2.45, 2.75) is 32.6 Å². The van der Waals surface area contributed by atoms with Gasteiger partial charge in [0.2, 0.25) is 5.91 Å². The number of aromatic nitrogens is 2. The van der Waals surface area contributed by atoms with Crippen molar-refractivity contribution in [2.75, 3.05) is 55.7 Å². The van der Waals surface area contributed by atoms with Gasteiger partial charge < -0.3 is 19.8 Å². The number of carbonyl (C=O) groups is 1. The molecule has 7 heteroatoms. The number of amides is 1. The number of aliphatic hydroxyl groups excluding tert-OH is 1. The highest BCUT2D eigenvalue weighted by molar-refractivity contribution is 5.75. The van der Waals surface area contributed by atoms with E-state index in [4.69, 9.17) is 0 Å². The van der Waals surface area contributed by atoms with Crippen LogP contribution in [0.4, 0.5) is 11.6 Å². The second-order valence-electron chi connectivity index (χ2n) is 6.95. The number of hydrogen-bond donors (Lipinski definition) is 1. The van der Waals surface area contributed by atoms with Gasteiger partial charge in [-0.1, -0.05) is 6.92 Å². The molecule has 0 spiro atoms. The number of piperidine rings is 1. The Morgan fingerprint density at radius 3 is 2.64 bits per heavy atom. The second-order valence-corrected chi connectivity index (χ2v) is 6.95. The summed E-state index contributed by atoms with van der Waals surface area (Å²) in [6.45, 7) is 7.28. The van der Waals surface area contributed by atoms with Crippen molar-refractivity contribution in [3.05, 3.63) is 12.4 Å². The quantitative estimate of drug-likeness (QED) is 0.880. The molecule has 2 aliphatic heterocycles. The van der Waals surface area contributed by atoms with E-state index in [2.05, 4.69) is 25.8 Å². The summed E-state index contributed by atoms with van der Waals surface area (Å²) in [6.07, 6.45) is 5.33. The normalized spacial score (nSPS) is 22.0. The molecule has 0 aliphatic carbocycles. The summed E-state index contributed by atoms with van der Waals surface area (Å²) < 4.78 is 0. The lowest BCUT2D eigenvalue weighted by molar-refractivity contribution is -0.130. The third kappa shape index (κ3) is 4.39. The molecule has 1 atom stereocenters. The summed E-state index contributed by atoms with van der Waals surface area (Å²) in [5.74, 6) is 2.43. The molecule has 2 fully saturated rings. The predicted octanol–water partition coefficient (Wildman–Crippen LogP) is 1.13. The van der Waals surface area contributed by atoms with Gasteiger partial charge in [-0.3, -0.25) is 4.79 Å². The maximum atomic E-state index is 11.9. The minimum Gasteiger partial charge on any atom is -0.396 e. The first kappa shape index (κ1) is 17.9. The van der Waals surface area contributed by atoms with Crippen molar-refractivity contribution in [1.29, 1.82) is 0 Å². The predicted molar refractivity (Wildman–Crippen MR) is 97.8 cm³/mol. The fourth-order valence-electron chi connectivity index (χ4n) is 3.72. The first-order valence-corrected chi connectivity index (χ1v) is 9.41. The van der Waals surface area contributed by atoms with E-state index in [-0.39, 0.29) is 12.5 Å². The molecule has 7 nitrogen and oxygen atoms in total. The fraction of sp³-hybridized carbons (Fsp3) is 0.722. The Kier molecular flexibility index (Phi) is 6.07. The SMILES string of the molecule is CCC(=O)N1CCCN(c2cc(N3CCCC(CO)C3)ncn2)CC1. The highest BCUT2D eigenvalue weighted by atomic mass is 16.3. The lowest BCUT2D eigenvalue weighted by Crippen LogP contribution is -2.37. The van der Waals surface area contributed by atoms with Crippen molar-refractivity contribution >= 4 is 17.5 Å². The van der Waals surface area contributed by atoms with Crippen LogP contribution in [0.1, 0.15) is 32.6 Å². The fourth-order valence-corrected chi connectivity index (χ4v) is 3.72. The Bertz CT molecular complexity index is 582. The number of carbonyl (C=O) groups excluding carboxylic acids is 1. The molecule has 2 aliphatic rings. The molecule has 0 aromatic carbocycles. The van der Waals surface area contributed by atoms with Gasteiger partial charge in [-0.05, 0) is 25.2 Å². The topological polar surface area (TPSA) is 72.8 Å². The Balaban J connectivity index is 1.68. The van der Waals surface area contributed by atoms with Crippen molar-refractivity contribution in [2.24, 2.45) is 5.92 Å². The molecule has 138 valence electrons. The smallest absolute Gasteiger partial charge is 0.222 e. The Morgan fingerprint density at radius 1 is 1.12 bits per heavy atom. The Hall–Kier alpha value is -1.89. The maximum Gasteiger partial charge on any atom is 0.222 e. The van der Waals surface area contributed by atoms with Crippen LogP contribution in [-0.4, -0.2) is 71.8 Å². The summed E-state index contributed by atoms with van der Waals surface area (Å²) in [7, 11) is 0. The summed E-state index contributed by atoms with van der Waals surface area (Å²) in [5, 5.41) is 9.44. The summed E-state index contributed by atoms with van der Waals surface area (Å²) in [5.41, 5.74) is 0. The molecule has 1 aromatic rings. The number of nitrogens with zero attached hydrogens (tertiary/aromatic N) is 5. The van der Waals surface area contributed by atoms with Crippen molar-refractivity contribution in [1.82, 2.24) is 14.9 Å². The molecule has 0 bridgehead atoms. The van der Waals surface area contributed by atoms with Crippen molar-refractivity contribution in [3.8, 4) is 0 Å². The minimum absolute atomic E-state index is 0.230. The summed E-state index contributed by atoms with van der Waals surface area (Å²) in [4.78, 5) is 27.3. The molecule has 1 unspecified atom stereocenters. The van der Waals surface area contributed by atoms with E-state index in [1.54, 1.807) is 6.33 Å². The van der Waals surface area contributed by atoms with Crippen LogP contribution in [0.25, 0.3) is 0 Å². The standard InChI is InChI=1S/C18H29N5O2/c1-2-18(25)22-8-4-7-21(9-10-22)16-11-17(20-14-19-16)23-6-3-5-15(12-23)13-24/h11,14-15,24H,2-10,12-13H2,1H3. The second kappa shape index (κ2) is 8.47. The molecule has 1 aromatic heterocycles. The van der Waals surface area contributed by atoms with E-state index in [0.29, 0.717) is 12.3 Å². The van der Waals surface area contributed by atoms with Gasteiger partial charge in [0, 0.05) is 58.4 Å². The molecule has 1 N–H and O–H groups in total. The molecule has 25 heavy (non-hydrogen) atoms. The third-order valence-corrected chi connectivity index (χ3v) is 5.21. The van der Waals surface area contributed by atoms with E-state index in [1.165, 1.54) is 0 Å². The van der Waals surface area contributed by atoms with Gasteiger partial charge in [-0.2, -0.15) is 0 Å². The monoisotopic (exact) mass is 347 g/mol. The van der Waals surface area contributed by atoms with Crippen LogP contribution in [0, 0.1) is 5.92 Å². The van der Waals surface area contributed by atoms with E-state index in [9.17, 15) is 9.90 Å². The van der Waals surface area contributed by atoms with Crippen LogP contribution >= 0.6 is 0 Å². The number of rotatable bonds is 4. The average molecular weight is 347 g/mol. The minimum atomic E-state index is 0.230. The average Bonchev–Trinajstić information content (AvgIpc) is 2.94. The van der Waals surface area contributed by atoms with Gasteiger partial charge in [0.25, 0.3) is 0 Å².